The Labute approximate surface area is 91.6 Å². The Balaban J connectivity index is 2.03. The molecular formula is C10H13BrN2O. The number of ether oxygens (including phenoxy) is 1. The number of rotatable bonds is 1. The summed E-state index contributed by atoms with van der Waals surface area (Å²) in [6.07, 6.45) is 7.24. The highest BCUT2D eigenvalue weighted by Crippen LogP contribution is 2.56. The van der Waals surface area contributed by atoms with Gasteiger partial charge in [0.2, 0.25) is 0 Å². The molecule has 0 amide bonds. The van der Waals surface area contributed by atoms with Gasteiger partial charge in [-0.3, -0.25) is 4.68 Å². The minimum absolute atomic E-state index is 0.00231. The van der Waals surface area contributed by atoms with E-state index in [9.17, 15) is 0 Å². The third-order valence-electron chi connectivity index (χ3n) is 3.37. The molecule has 2 fully saturated rings. The lowest BCUT2D eigenvalue weighted by Gasteiger charge is -2.17. The lowest BCUT2D eigenvalue weighted by molar-refractivity contribution is 0.276. The van der Waals surface area contributed by atoms with Gasteiger partial charge in [0.25, 0.3) is 0 Å². The second-order valence-corrected chi connectivity index (χ2v) is 5.06. The van der Waals surface area contributed by atoms with E-state index in [1.165, 1.54) is 25.0 Å². The van der Waals surface area contributed by atoms with Crippen LogP contribution in [-0.2, 0) is 17.4 Å². The summed E-state index contributed by atoms with van der Waals surface area (Å²) in [6.45, 7) is 0. The number of aryl methyl sites for hydroxylation is 1. The standard InChI is InChI=1S/C10H13BrN2O/c1-13-9(7(11)6-12-13)10-5-3-2-4-8(10)14-10/h6,8H,2-5H2,1H3. The molecule has 2 unspecified atom stereocenters. The van der Waals surface area contributed by atoms with Gasteiger partial charge in [-0.05, 0) is 35.2 Å². The lowest BCUT2D eigenvalue weighted by atomic mass is 9.87. The number of aromatic nitrogens is 2. The summed E-state index contributed by atoms with van der Waals surface area (Å²) in [5, 5.41) is 4.25. The van der Waals surface area contributed by atoms with Crippen molar-refractivity contribution in [2.24, 2.45) is 7.05 Å². The van der Waals surface area contributed by atoms with E-state index in [0.717, 1.165) is 10.9 Å². The first-order valence-corrected chi connectivity index (χ1v) is 5.89. The Hall–Kier alpha value is -0.350. The van der Waals surface area contributed by atoms with Crippen molar-refractivity contribution in [2.45, 2.75) is 37.4 Å². The first kappa shape index (κ1) is 8.92. The molecule has 14 heavy (non-hydrogen) atoms. The van der Waals surface area contributed by atoms with Crippen molar-refractivity contribution in [1.29, 1.82) is 0 Å². The summed E-state index contributed by atoms with van der Waals surface area (Å²) in [7, 11) is 1.99. The van der Waals surface area contributed by atoms with Gasteiger partial charge in [-0.2, -0.15) is 5.10 Å². The molecule has 4 heteroatoms. The maximum atomic E-state index is 5.88. The molecule has 2 atom stereocenters. The van der Waals surface area contributed by atoms with Crippen molar-refractivity contribution >= 4 is 15.9 Å². The van der Waals surface area contributed by atoms with E-state index in [1.807, 2.05) is 17.9 Å². The van der Waals surface area contributed by atoms with E-state index in [1.54, 1.807) is 0 Å². The molecule has 2 heterocycles. The van der Waals surface area contributed by atoms with Gasteiger partial charge in [0.05, 0.1) is 22.5 Å². The van der Waals surface area contributed by atoms with Crippen LogP contribution in [0.2, 0.25) is 0 Å². The first-order chi connectivity index (χ1) is 6.74. The molecule has 76 valence electrons. The van der Waals surface area contributed by atoms with Gasteiger partial charge in [-0.1, -0.05) is 6.42 Å². The van der Waals surface area contributed by atoms with Gasteiger partial charge in [-0.25, -0.2) is 0 Å². The largest absolute Gasteiger partial charge is 0.359 e. The highest BCUT2D eigenvalue weighted by atomic mass is 79.9. The molecule has 0 spiro atoms. The predicted molar refractivity (Wildman–Crippen MR) is 55.9 cm³/mol. The summed E-state index contributed by atoms with van der Waals surface area (Å²) in [4.78, 5) is 0. The first-order valence-electron chi connectivity index (χ1n) is 5.10. The number of halogens is 1. The van der Waals surface area contributed by atoms with Crippen LogP contribution in [0.25, 0.3) is 0 Å². The third-order valence-corrected chi connectivity index (χ3v) is 3.96. The molecule has 0 radical (unpaired) electrons. The summed E-state index contributed by atoms with van der Waals surface area (Å²) in [5.74, 6) is 0. The van der Waals surface area contributed by atoms with Crippen LogP contribution in [0.4, 0.5) is 0 Å². The molecule has 1 saturated heterocycles. The lowest BCUT2D eigenvalue weighted by Crippen LogP contribution is -2.21. The normalized spacial score (nSPS) is 35.4. The molecule has 0 N–H and O–H groups in total. The van der Waals surface area contributed by atoms with Crippen molar-refractivity contribution in [3.63, 3.8) is 0 Å². The summed E-state index contributed by atoms with van der Waals surface area (Å²) in [6, 6.07) is 0. The van der Waals surface area contributed by atoms with E-state index in [0.29, 0.717) is 6.10 Å². The topological polar surface area (TPSA) is 30.4 Å². The van der Waals surface area contributed by atoms with Gasteiger partial charge >= 0.3 is 0 Å². The molecule has 1 aromatic rings. The van der Waals surface area contributed by atoms with E-state index in [2.05, 4.69) is 21.0 Å². The van der Waals surface area contributed by atoms with Crippen LogP contribution in [0, 0.1) is 0 Å². The van der Waals surface area contributed by atoms with Gasteiger partial charge in [0.1, 0.15) is 5.60 Å². The second-order valence-electron chi connectivity index (χ2n) is 4.21. The zero-order valence-electron chi connectivity index (χ0n) is 8.16. The maximum Gasteiger partial charge on any atom is 0.137 e. The molecule has 1 aliphatic carbocycles. The summed E-state index contributed by atoms with van der Waals surface area (Å²) >= 11 is 3.55. The third kappa shape index (κ3) is 1.04. The van der Waals surface area contributed by atoms with Gasteiger partial charge in [-0.15, -0.1) is 0 Å². The Bertz CT molecular complexity index is 357. The molecular weight excluding hydrogens is 244 g/mol. The molecule has 3 nitrogen and oxygen atoms in total. The molecule has 3 rings (SSSR count). The van der Waals surface area contributed by atoms with Gasteiger partial charge in [0.15, 0.2) is 0 Å². The molecule has 1 aromatic heterocycles. The molecule has 2 aliphatic rings. The van der Waals surface area contributed by atoms with E-state index in [-0.39, 0.29) is 5.60 Å². The van der Waals surface area contributed by atoms with Crippen molar-refractivity contribution < 1.29 is 4.74 Å². The van der Waals surface area contributed by atoms with E-state index >= 15 is 0 Å². The van der Waals surface area contributed by atoms with Crippen LogP contribution in [0.3, 0.4) is 0 Å². The molecule has 0 bridgehead atoms. The summed E-state index contributed by atoms with van der Waals surface area (Å²) < 4.78 is 8.91. The number of hydrogen-bond donors (Lipinski definition) is 0. The zero-order chi connectivity index (χ0) is 9.76. The fourth-order valence-corrected chi connectivity index (χ4v) is 3.35. The van der Waals surface area contributed by atoms with Crippen LogP contribution >= 0.6 is 15.9 Å². The Morgan fingerprint density at radius 1 is 1.64 bits per heavy atom. The summed E-state index contributed by atoms with van der Waals surface area (Å²) in [5.41, 5.74) is 1.23. The van der Waals surface area contributed by atoms with E-state index < -0.39 is 0 Å². The smallest absolute Gasteiger partial charge is 0.137 e. The van der Waals surface area contributed by atoms with Crippen molar-refractivity contribution in [1.82, 2.24) is 9.78 Å². The van der Waals surface area contributed by atoms with Gasteiger partial charge < -0.3 is 4.74 Å². The highest BCUT2D eigenvalue weighted by molar-refractivity contribution is 9.10. The van der Waals surface area contributed by atoms with Crippen LogP contribution in [-0.4, -0.2) is 15.9 Å². The number of epoxide rings is 1. The number of nitrogens with zero attached hydrogens (tertiary/aromatic N) is 2. The monoisotopic (exact) mass is 256 g/mol. The van der Waals surface area contributed by atoms with Crippen molar-refractivity contribution in [2.75, 3.05) is 0 Å². The van der Waals surface area contributed by atoms with Crippen LogP contribution in [0.15, 0.2) is 10.7 Å². The fourth-order valence-electron chi connectivity index (χ4n) is 2.66. The van der Waals surface area contributed by atoms with E-state index in [4.69, 9.17) is 4.74 Å². The Kier molecular flexibility index (Phi) is 1.80. The quantitative estimate of drug-likeness (QED) is 0.723. The van der Waals surface area contributed by atoms with Crippen LogP contribution in [0.1, 0.15) is 31.4 Å². The van der Waals surface area contributed by atoms with Gasteiger partial charge in [0, 0.05) is 7.05 Å². The van der Waals surface area contributed by atoms with Crippen molar-refractivity contribution in [3.8, 4) is 0 Å². The predicted octanol–water partition coefficient (Wildman–Crippen LogP) is 2.35. The molecule has 1 aliphatic heterocycles. The SMILES string of the molecule is Cn1ncc(Br)c1C12CCCCC1O2. The Morgan fingerprint density at radius 2 is 2.50 bits per heavy atom. The van der Waals surface area contributed by atoms with Crippen LogP contribution < -0.4 is 0 Å². The number of fused-ring (bicyclic) bond motifs is 1. The van der Waals surface area contributed by atoms with Crippen molar-refractivity contribution in [3.05, 3.63) is 16.4 Å². The average Bonchev–Trinajstić information content (AvgIpc) is 2.81. The fraction of sp³-hybridized carbons (Fsp3) is 0.700. The highest BCUT2D eigenvalue weighted by Gasteiger charge is 2.60. The molecule has 0 aromatic carbocycles. The Morgan fingerprint density at radius 3 is 3.14 bits per heavy atom. The second kappa shape index (κ2) is 2.83. The number of hydrogen-bond acceptors (Lipinski definition) is 2. The van der Waals surface area contributed by atoms with Crippen LogP contribution in [0.5, 0.6) is 0 Å². The minimum atomic E-state index is 0.00231. The maximum absolute atomic E-state index is 5.88. The zero-order valence-corrected chi connectivity index (χ0v) is 9.75. The molecule has 1 saturated carbocycles. The average molecular weight is 257 g/mol. The minimum Gasteiger partial charge on any atom is -0.359 e.